The van der Waals surface area contributed by atoms with Gasteiger partial charge in [0.2, 0.25) is 0 Å². The van der Waals surface area contributed by atoms with Crippen LogP contribution in [0, 0.1) is 3.57 Å². The molecule has 0 saturated carbocycles. The summed E-state index contributed by atoms with van der Waals surface area (Å²) in [6.45, 7) is 1.09. The molecule has 2 aromatic rings. The van der Waals surface area contributed by atoms with Crippen LogP contribution in [0.1, 0.15) is 6.92 Å². The Labute approximate surface area is 123 Å². The molecule has 0 saturated heterocycles. The van der Waals surface area contributed by atoms with E-state index >= 15 is 0 Å². The molecule has 1 heterocycles. The molecule has 1 unspecified atom stereocenters. The molecule has 0 fully saturated rings. The number of aromatic nitrogens is 2. The maximum atomic E-state index is 10.8. The summed E-state index contributed by atoms with van der Waals surface area (Å²) < 4.78 is 1.02. The maximum absolute atomic E-state index is 10.8. The van der Waals surface area contributed by atoms with Crippen molar-refractivity contribution >= 4 is 45.3 Å². The van der Waals surface area contributed by atoms with Crippen LogP contribution in [-0.2, 0) is 4.79 Å². The fourth-order valence-electron chi connectivity index (χ4n) is 1.50. The Morgan fingerprint density at radius 3 is 2.89 bits per heavy atom. The predicted octanol–water partition coefficient (Wildman–Crippen LogP) is 1.48. The van der Waals surface area contributed by atoms with Crippen molar-refractivity contribution in [3.63, 3.8) is 0 Å². The van der Waals surface area contributed by atoms with Gasteiger partial charge in [-0.15, -0.1) is 0 Å². The number of aliphatic hydroxyl groups is 1. The van der Waals surface area contributed by atoms with E-state index in [1.54, 1.807) is 0 Å². The molecule has 6 nitrogen and oxygen atoms in total. The summed E-state index contributed by atoms with van der Waals surface area (Å²) in [4.78, 5) is 19.0. The molecule has 0 amide bonds. The van der Waals surface area contributed by atoms with Crippen LogP contribution < -0.4 is 5.32 Å². The van der Waals surface area contributed by atoms with Crippen molar-refractivity contribution in [2.24, 2.45) is 0 Å². The van der Waals surface area contributed by atoms with Crippen LogP contribution in [0.25, 0.3) is 10.9 Å². The topological polar surface area (TPSA) is 95.3 Å². The molecule has 1 aromatic heterocycles. The highest BCUT2D eigenvalue weighted by Crippen LogP contribution is 2.22. The number of nitrogens with zero attached hydrogens (tertiary/aromatic N) is 2. The summed E-state index contributed by atoms with van der Waals surface area (Å²) in [7, 11) is 0. The van der Waals surface area contributed by atoms with Gasteiger partial charge in [-0.3, -0.25) is 0 Å². The number of nitrogens with one attached hydrogen (secondary N) is 1. The minimum atomic E-state index is -1.85. The van der Waals surface area contributed by atoms with Crippen LogP contribution in [0.15, 0.2) is 24.5 Å². The number of anilines is 1. The van der Waals surface area contributed by atoms with Crippen LogP contribution in [0.4, 0.5) is 5.82 Å². The SMILES string of the molecule is CC(O)(CNc1ncnc2ccc(I)cc12)C(=O)O. The second-order valence-electron chi connectivity index (χ2n) is 4.32. The van der Waals surface area contributed by atoms with Crippen molar-refractivity contribution in [2.45, 2.75) is 12.5 Å². The molecule has 7 heteroatoms. The van der Waals surface area contributed by atoms with Crippen LogP contribution >= 0.6 is 22.6 Å². The smallest absolute Gasteiger partial charge is 0.337 e. The van der Waals surface area contributed by atoms with Crippen LogP contribution in [-0.4, -0.2) is 38.3 Å². The van der Waals surface area contributed by atoms with Gasteiger partial charge in [0.1, 0.15) is 12.1 Å². The van der Waals surface area contributed by atoms with Gasteiger partial charge in [-0.05, 0) is 47.7 Å². The summed E-state index contributed by atoms with van der Waals surface area (Å²) in [6.07, 6.45) is 1.40. The van der Waals surface area contributed by atoms with Gasteiger partial charge in [0.25, 0.3) is 0 Å². The number of carbonyl (C=O) groups is 1. The Bertz CT molecular complexity index is 631. The third-order valence-corrected chi connectivity index (χ3v) is 3.33. The lowest BCUT2D eigenvalue weighted by Gasteiger charge is -2.19. The van der Waals surface area contributed by atoms with Crippen molar-refractivity contribution in [1.82, 2.24) is 9.97 Å². The standard InChI is InChI=1S/C12H12IN3O3/c1-12(19,11(17)18)5-14-10-8-4-7(13)2-3-9(8)15-6-16-10/h2-4,6,19H,5H2,1H3,(H,17,18)(H,14,15,16). The number of benzene rings is 1. The van der Waals surface area contributed by atoms with Gasteiger partial charge in [0.15, 0.2) is 5.60 Å². The number of carboxylic acids is 1. The minimum Gasteiger partial charge on any atom is -0.479 e. The summed E-state index contributed by atoms with van der Waals surface area (Å²) in [6, 6.07) is 5.68. The summed E-state index contributed by atoms with van der Waals surface area (Å²) in [5, 5.41) is 22.2. The van der Waals surface area contributed by atoms with Crippen molar-refractivity contribution in [1.29, 1.82) is 0 Å². The van der Waals surface area contributed by atoms with E-state index in [1.807, 2.05) is 18.2 Å². The quantitative estimate of drug-likeness (QED) is 0.703. The molecule has 0 aliphatic rings. The Balaban J connectivity index is 2.31. The first kappa shape index (κ1) is 13.9. The van der Waals surface area contributed by atoms with E-state index < -0.39 is 11.6 Å². The van der Waals surface area contributed by atoms with Gasteiger partial charge >= 0.3 is 5.97 Å². The first-order valence-corrected chi connectivity index (χ1v) is 6.58. The molecule has 0 aliphatic heterocycles. The van der Waals surface area contributed by atoms with Crippen LogP contribution in [0.3, 0.4) is 0 Å². The lowest BCUT2D eigenvalue weighted by atomic mass is 10.1. The first-order chi connectivity index (χ1) is 8.90. The third kappa shape index (κ3) is 3.10. The van der Waals surface area contributed by atoms with Crippen molar-refractivity contribution in [3.8, 4) is 0 Å². The highest BCUT2D eigenvalue weighted by atomic mass is 127. The zero-order valence-electron chi connectivity index (χ0n) is 10.1. The van der Waals surface area contributed by atoms with Gasteiger partial charge < -0.3 is 15.5 Å². The molecule has 2 rings (SSSR count). The normalized spacial score (nSPS) is 14.1. The lowest BCUT2D eigenvalue weighted by Crippen LogP contribution is -2.42. The molecule has 0 bridgehead atoms. The average molecular weight is 373 g/mol. The number of rotatable bonds is 4. The number of fused-ring (bicyclic) bond motifs is 1. The van der Waals surface area contributed by atoms with Crippen molar-refractivity contribution < 1.29 is 15.0 Å². The fourth-order valence-corrected chi connectivity index (χ4v) is 1.99. The molecule has 19 heavy (non-hydrogen) atoms. The molecule has 1 aromatic carbocycles. The largest absolute Gasteiger partial charge is 0.479 e. The van der Waals surface area contributed by atoms with Crippen LogP contribution in [0.5, 0.6) is 0 Å². The van der Waals surface area contributed by atoms with E-state index in [9.17, 15) is 9.90 Å². The highest BCUT2D eigenvalue weighted by molar-refractivity contribution is 14.1. The van der Waals surface area contributed by atoms with E-state index in [1.165, 1.54) is 13.3 Å². The number of hydrogen-bond donors (Lipinski definition) is 3. The van der Waals surface area contributed by atoms with Crippen molar-refractivity contribution in [2.75, 3.05) is 11.9 Å². The summed E-state index contributed by atoms with van der Waals surface area (Å²) in [5.74, 6) is -0.780. The summed E-state index contributed by atoms with van der Waals surface area (Å²) >= 11 is 2.17. The number of carboxylic acid groups (broad SMARTS) is 1. The minimum absolute atomic E-state index is 0.139. The molecular formula is C12H12IN3O3. The Kier molecular flexibility index (Phi) is 3.85. The van der Waals surface area contributed by atoms with E-state index in [2.05, 4.69) is 37.9 Å². The van der Waals surface area contributed by atoms with E-state index in [0.29, 0.717) is 5.82 Å². The molecule has 1 atom stereocenters. The predicted molar refractivity (Wildman–Crippen MR) is 79.0 cm³/mol. The molecule has 3 N–H and O–H groups in total. The van der Waals surface area contributed by atoms with Gasteiger partial charge in [0, 0.05) is 8.96 Å². The first-order valence-electron chi connectivity index (χ1n) is 5.50. The second-order valence-corrected chi connectivity index (χ2v) is 5.56. The Morgan fingerprint density at radius 1 is 1.47 bits per heavy atom. The zero-order chi connectivity index (χ0) is 14.0. The molecular weight excluding hydrogens is 361 g/mol. The third-order valence-electron chi connectivity index (χ3n) is 2.66. The van der Waals surface area contributed by atoms with Crippen molar-refractivity contribution in [3.05, 3.63) is 28.1 Å². The molecule has 0 spiro atoms. The molecule has 0 aliphatic carbocycles. The van der Waals surface area contributed by atoms with E-state index in [4.69, 9.17) is 5.11 Å². The number of aliphatic carboxylic acids is 1. The van der Waals surface area contributed by atoms with Gasteiger partial charge in [-0.2, -0.15) is 0 Å². The number of halogens is 1. The van der Waals surface area contributed by atoms with E-state index in [0.717, 1.165) is 14.5 Å². The number of hydrogen-bond acceptors (Lipinski definition) is 5. The Hall–Kier alpha value is -1.48. The molecule has 0 radical (unpaired) electrons. The highest BCUT2D eigenvalue weighted by Gasteiger charge is 2.29. The fraction of sp³-hybridized carbons (Fsp3) is 0.250. The lowest BCUT2D eigenvalue weighted by molar-refractivity contribution is -0.155. The molecule has 100 valence electrons. The summed E-state index contributed by atoms with van der Waals surface area (Å²) in [5.41, 5.74) is -1.09. The van der Waals surface area contributed by atoms with Crippen LogP contribution in [0.2, 0.25) is 0 Å². The zero-order valence-corrected chi connectivity index (χ0v) is 12.2. The maximum Gasteiger partial charge on any atom is 0.337 e. The monoisotopic (exact) mass is 373 g/mol. The van der Waals surface area contributed by atoms with Gasteiger partial charge in [0.05, 0.1) is 12.1 Å². The Morgan fingerprint density at radius 2 is 2.21 bits per heavy atom. The van der Waals surface area contributed by atoms with E-state index in [-0.39, 0.29) is 6.54 Å². The average Bonchev–Trinajstić information content (AvgIpc) is 2.36. The second kappa shape index (κ2) is 5.25. The van der Waals surface area contributed by atoms with Gasteiger partial charge in [-0.1, -0.05) is 0 Å². The van der Waals surface area contributed by atoms with Gasteiger partial charge in [-0.25, -0.2) is 14.8 Å².